The van der Waals surface area contributed by atoms with E-state index in [0.29, 0.717) is 17.9 Å². The molecule has 0 aromatic heterocycles. The van der Waals surface area contributed by atoms with Crippen LogP contribution in [0.1, 0.15) is 63.0 Å². The van der Waals surface area contributed by atoms with E-state index in [-0.39, 0.29) is 12.1 Å². The van der Waals surface area contributed by atoms with Crippen molar-refractivity contribution in [2.45, 2.75) is 70.8 Å². The van der Waals surface area contributed by atoms with Gasteiger partial charge in [-0.25, -0.2) is 13.2 Å². The lowest BCUT2D eigenvalue weighted by Gasteiger charge is -2.28. The van der Waals surface area contributed by atoms with E-state index in [1.165, 1.54) is 25.3 Å². The van der Waals surface area contributed by atoms with Gasteiger partial charge in [-0.1, -0.05) is 51.5 Å². The van der Waals surface area contributed by atoms with E-state index in [9.17, 15) is 35.1 Å². The first-order valence-corrected chi connectivity index (χ1v) is 11.5. The molecule has 0 unspecified atom stereocenters. The summed E-state index contributed by atoms with van der Waals surface area (Å²) in [5, 5.41) is 0. The Labute approximate surface area is 198 Å². The molecule has 0 radical (unpaired) electrons. The third kappa shape index (κ3) is 7.48. The molecule has 194 valence electrons. The van der Waals surface area contributed by atoms with Crippen molar-refractivity contribution in [3.05, 3.63) is 58.9 Å². The number of ether oxygens (including phenoxy) is 2. The van der Waals surface area contributed by atoms with Crippen LogP contribution >= 0.6 is 0 Å². The van der Waals surface area contributed by atoms with Gasteiger partial charge in [-0.15, -0.1) is 13.2 Å². The van der Waals surface area contributed by atoms with Gasteiger partial charge in [0.05, 0.1) is 5.56 Å². The Bertz CT molecular complexity index is 974. The minimum Gasteiger partial charge on any atom is -0.429 e. The van der Waals surface area contributed by atoms with Gasteiger partial charge in [-0.2, -0.15) is 8.78 Å². The maximum atomic E-state index is 14.5. The first kappa shape index (κ1) is 27.1. The third-order valence-electron chi connectivity index (χ3n) is 6.29. The van der Waals surface area contributed by atoms with Crippen molar-refractivity contribution in [3.63, 3.8) is 0 Å². The van der Waals surface area contributed by atoms with Crippen LogP contribution < -0.4 is 9.47 Å². The third-order valence-corrected chi connectivity index (χ3v) is 6.29. The fourth-order valence-corrected chi connectivity index (χ4v) is 4.55. The van der Waals surface area contributed by atoms with Crippen molar-refractivity contribution in [1.29, 1.82) is 0 Å². The summed E-state index contributed by atoms with van der Waals surface area (Å²) in [7, 11) is 0. The highest BCUT2D eigenvalue weighted by atomic mass is 19.4. The van der Waals surface area contributed by atoms with Crippen LogP contribution in [0.2, 0.25) is 0 Å². The minimum atomic E-state index is -5.40. The summed E-state index contributed by atoms with van der Waals surface area (Å²) in [6.45, 7) is 2.17. The van der Waals surface area contributed by atoms with Crippen LogP contribution in [0.15, 0.2) is 30.3 Å². The maximum Gasteiger partial charge on any atom is 0.573 e. The second kappa shape index (κ2) is 11.0. The summed E-state index contributed by atoms with van der Waals surface area (Å²) in [4.78, 5) is 0. The fraction of sp³-hybridized carbons (Fsp3) is 0.520. The van der Waals surface area contributed by atoms with Crippen LogP contribution in [-0.2, 0) is 12.5 Å². The monoisotopic (exact) mass is 510 g/mol. The highest BCUT2D eigenvalue weighted by Crippen LogP contribution is 2.38. The number of benzene rings is 2. The van der Waals surface area contributed by atoms with E-state index in [2.05, 4.69) is 16.4 Å². The van der Waals surface area contributed by atoms with Gasteiger partial charge in [0.15, 0.2) is 11.6 Å². The fourth-order valence-electron chi connectivity index (χ4n) is 4.55. The van der Waals surface area contributed by atoms with Crippen molar-refractivity contribution in [2.75, 3.05) is 0 Å². The molecule has 2 nitrogen and oxygen atoms in total. The summed E-state index contributed by atoms with van der Waals surface area (Å²) in [6, 6.07) is 3.33. The van der Waals surface area contributed by atoms with Crippen LogP contribution in [-0.4, -0.2) is 6.36 Å². The highest BCUT2D eigenvalue weighted by molar-refractivity contribution is 5.36. The Morgan fingerprint density at radius 3 is 1.86 bits per heavy atom. The Kier molecular flexibility index (Phi) is 8.54. The van der Waals surface area contributed by atoms with E-state index < -0.39 is 47.0 Å². The SMILES string of the molecule is CCCC1CCC(CCc2ccc(C(F)(F)Oc3cc(F)c(OC(F)(F)F)c(F)c3)c(F)c2)CC1. The molecule has 1 saturated carbocycles. The van der Waals surface area contributed by atoms with Gasteiger partial charge >= 0.3 is 12.5 Å². The van der Waals surface area contributed by atoms with E-state index in [1.54, 1.807) is 0 Å². The normalized spacial score (nSPS) is 19.0. The molecule has 1 fully saturated rings. The molecule has 0 saturated heterocycles. The molecule has 0 aliphatic heterocycles. The van der Waals surface area contributed by atoms with Crippen molar-refractivity contribution in [2.24, 2.45) is 11.8 Å². The van der Waals surface area contributed by atoms with E-state index in [0.717, 1.165) is 43.7 Å². The Morgan fingerprint density at radius 1 is 0.771 bits per heavy atom. The Hall–Kier alpha value is -2.52. The quantitative estimate of drug-likeness (QED) is 0.314. The maximum absolute atomic E-state index is 14.5. The molecule has 0 atom stereocenters. The smallest absolute Gasteiger partial charge is 0.429 e. The molecule has 3 rings (SSSR count). The number of rotatable bonds is 9. The zero-order valence-electron chi connectivity index (χ0n) is 19.0. The molecule has 0 spiro atoms. The molecule has 1 aliphatic carbocycles. The lowest BCUT2D eigenvalue weighted by atomic mass is 9.78. The number of hydrogen-bond acceptors (Lipinski definition) is 2. The summed E-state index contributed by atoms with van der Waals surface area (Å²) in [5.74, 6) is -6.78. The molecule has 0 bridgehead atoms. The summed E-state index contributed by atoms with van der Waals surface area (Å²) in [6.07, 6.45) is -1.50. The number of hydrogen-bond donors (Lipinski definition) is 0. The molecule has 2 aromatic carbocycles. The topological polar surface area (TPSA) is 18.5 Å². The van der Waals surface area contributed by atoms with Gasteiger partial charge < -0.3 is 9.47 Å². The standard InChI is InChI=1S/C25H26F8O2/c1-2-3-15-4-6-16(7-5-15)8-9-17-10-11-19(20(26)12-17)24(29,30)34-18-13-21(27)23(22(28)14-18)35-25(31,32)33/h10-16H,2-9H2,1H3. The van der Waals surface area contributed by atoms with Crippen molar-refractivity contribution >= 4 is 0 Å². The highest BCUT2D eigenvalue weighted by Gasteiger charge is 2.39. The van der Waals surface area contributed by atoms with Crippen LogP contribution in [0.4, 0.5) is 35.1 Å². The summed E-state index contributed by atoms with van der Waals surface area (Å²) < 4.78 is 115. The van der Waals surface area contributed by atoms with E-state index >= 15 is 0 Å². The van der Waals surface area contributed by atoms with E-state index in [4.69, 9.17) is 0 Å². The van der Waals surface area contributed by atoms with Gasteiger partial charge in [-0.3, -0.25) is 0 Å². The molecular formula is C25H26F8O2. The van der Waals surface area contributed by atoms with Crippen molar-refractivity contribution in [1.82, 2.24) is 0 Å². The molecule has 35 heavy (non-hydrogen) atoms. The van der Waals surface area contributed by atoms with Gasteiger partial charge in [0.25, 0.3) is 0 Å². The van der Waals surface area contributed by atoms with Gasteiger partial charge in [-0.05, 0) is 42.4 Å². The minimum absolute atomic E-state index is 0.0968. The van der Waals surface area contributed by atoms with Crippen LogP contribution in [0.5, 0.6) is 11.5 Å². The molecular weight excluding hydrogens is 484 g/mol. The number of halogens is 8. The second-order valence-corrected chi connectivity index (χ2v) is 8.91. The number of aryl methyl sites for hydroxylation is 1. The predicted octanol–water partition coefficient (Wildman–Crippen LogP) is 8.67. The molecule has 0 N–H and O–H groups in total. The molecule has 0 amide bonds. The van der Waals surface area contributed by atoms with Crippen LogP contribution in [0.25, 0.3) is 0 Å². The lowest BCUT2D eigenvalue weighted by Crippen LogP contribution is -2.24. The lowest BCUT2D eigenvalue weighted by molar-refractivity contribution is -0.276. The molecule has 10 heteroatoms. The molecule has 0 heterocycles. The van der Waals surface area contributed by atoms with Crippen molar-refractivity contribution < 1.29 is 44.6 Å². The van der Waals surface area contributed by atoms with Crippen LogP contribution in [0, 0.1) is 29.3 Å². The molecule has 2 aromatic rings. The first-order chi connectivity index (χ1) is 16.4. The zero-order chi connectivity index (χ0) is 25.8. The average Bonchev–Trinajstić information content (AvgIpc) is 2.75. The van der Waals surface area contributed by atoms with Gasteiger partial charge in [0, 0.05) is 12.1 Å². The van der Waals surface area contributed by atoms with Gasteiger partial charge in [0.2, 0.25) is 5.75 Å². The van der Waals surface area contributed by atoms with E-state index in [1.807, 2.05) is 0 Å². The summed E-state index contributed by atoms with van der Waals surface area (Å²) >= 11 is 0. The second-order valence-electron chi connectivity index (χ2n) is 8.91. The Morgan fingerprint density at radius 2 is 1.34 bits per heavy atom. The Balaban J connectivity index is 1.64. The summed E-state index contributed by atoms with van der Waals surface area (Å²) in [5.41, 5.74) is -0.638. The first-order valence-electron chi connectivity index (χ1n) is 11.5. The van der Waals surface area contributed by atoms with Crippen LogP contribution in [0.3, 0.4) is 0 Å². The van der Waals surface area contributed by atoms with Crippen molar-refractivity contribution in [3.8, 4) is 11.5 Å². The average molecular weight is 510 g/mol. The molecule has 1 aliphatic rings. The number of alkyl halides is 5. The predicted molar refractivity (Wildman–Crippen MR) is 113 cm³/mol. The largest absolute Gasteiger partial charge is 0.573 e. The van der Waals surface area contributed by atoms with Gasteiger partial charge in [0.1, 0.15) is 11.6 Å². The zero-order valence-corrected chi connectivity index (χ0v) is 19.0.